The molecule has 1 amide bonds. The highest BCUT2D eigenvalue weighted by Crippen LogP contribution is 2.68. The monoisotopic (exact) mass is 503 g/mol. The number of nitrogens with zero attached hydrogens (tertiary/aromatic N) is 1. The smallest absolute Gasteiger partial charge is 0.222 e. The van der Waals surface area contributed by atoms with Gasteiger partial charge in [0, 0.05) is 19.5 Å². The molecule has 206 valence electrons. The number of carbonyl (C=O) groups is 1. The van der Waals surface area contributed by atoms with Gasteiger partial charge in [0.15, 0.2) is 0 Å². The third kappa shape index (κ3) is 4.37. The fourth-order valence-corrected chi connectivity index (χ4v) is 10.5. The first-order valence-electron chi connectivity index (χ1n) is 15.4. The molecule has 1 aliphatic heterocycles. The Labute approximate surface area is 219 Å². The molecule has 36 heavy (non-hydrogen) atoms. The molecule has 0 aromatic carbocycles. The molecule has 1 saturated heterocycles. The molecule has 5 nitrogen and oxygen atoms in total. The van der Waals surface area contributed by atoms with Crippen molar-refractivity contribution in [2.24, 2.45) is 46.3 Å². The maximum absolute atomic E-state index is 13.0. The van der Waals surface area contributed by atoms with Crippen molar-refractivity contribution in [1.82, 2.24) is 4.90 Å². The predicted octanol–water partition coefficient (Wildman–Crippen LogP) is 5.16. The molecule has 10 atom stereocenters. The van der Waals surface area contributed by atoms with Gasteiger partial charge in [-0.1, -0.05) is 27.7 Å². The van der Waals surface area contributed by atoms with Crippen LogP contribution in [0.25, 0.3) is 0 Å². The molecule has 0 radical (unpaired) electrons. The molecule has 1 unspecified atom stereocenters. The Morgan fingerprint density at radius 3 is 2.39 bits per heavy atom. The van der Waals surface area contributed by atoms with Crippen molar-refractivity contribution in [1.29, 1.82) is 0 Å². The fraction of sp³-hybridized carbons (Fsp3) is 0.968. The molecule has 0 aromatic rings. The Bertz CT molecular complexity index is 808. The lowest BCUT2D eigenvalue weighted by molar-refractivity contribution is -0.182. The molecule has 0 aromatic heterocycles. The number of amides is 1. The predicted molar refractivity (Wildman–Crippen MR) is 142 cm³/mol. The van der Waals surface area contributed by atoms with E-state index in [4.69, 9.17) is 0 Å². The SMILES string of the molecule is CCC1(O)CCN(C(=O)CCC(C)[C@H]2CC[C@H]3[C@@H]4CC[C@H]5C[C@@H](O)C[C@H](O)[C@]5(C)[C@H]4CC[C@]23C)CC1. The number of piperidine rings is 1. The molecule has 3 N–H and O–H groups in total. The summed E-state index contributed by atoms with van der Waals surface area (Å²) < 4.78 is 0. The highest BCUT2D eigenvalue weighted by atomic mass is 16.3. The summed E-state index contributed by atoms with van der Waals surface area (Å²) in [6.07, 6.45) is 12.0. The van der Waals surface area contributed by atoms with Crippen LogP contribution in [0.2, 0.25) is 0 Å². The lowest BCUT2D eigenvalue weighted by Crippen LogP contribution is -2.59. The zero-order valence-corrected chi connectivity index (χ0v) is 23.4. The van der Waals surface area contributed by atoms with Gasteiger partial charge in [-0.2, -0.15) is 0 Å². The van der Waals surface area contributed by atoms with Crippen molar-refractivity contribution in [2.45, 2.75) is 129 Å². The number of hydrogen-bond donors (Lipinski definition) is 3. The third-order valence-corrected chi connectivity index (χ3v) is 13.0. The summed E-state index contributed by atoms with van der Waals surface area (Å²) in [5, 5.41) is 32.0. The Morgan fingerprint density at radius 1 is 0.972 bits per heavy atom. The second kappa shape index (κ2) is 9.83. The van der Waals surface area contributed by atoms with Crippen molar-refractivity contribution in [3.05, 3.63) is 0 Å². The van der Waals surface area contributed by atoms with Crippen LogP contribution in [0.4, 0.5) is 0 Å². The Hall–Kier alpha value is -0.650. The van der Waals surface area contributed by atoms with Gasteiger partial charge in [0.05, 0.1) is 17.8 Å². The Morgan fingerprint density at radius 2 is 1.69 bits per heavy atom. The van der Waals surface area contributed by atoms with Crippen molar-refractivity contribution < 1.29 is 20.1 Å². The molecule has 5 aliphatic rings. The van der Waals surface area contributed by atoms with E-state index >= 15 is 0 Å². The highest BCUT2D eigenvalue weighted by Gasteiger charge is 2.62. The van der Waals surface area contributed by atoms with Gasteiger partial charge < -0.3 is 20.2 Å². The molecule has 1 heterocycles. The second-order valence-corrected chi connectivity index (χ2v) is 14.4. The lowest BCUT2D eigenvalue weighted by Gasteiger charge is -2.62. The first kappa shape index (κ1) is 26.9. The molecular formula is C31H53NO4. The van der Waals surface area contributed by atoms with Gasteiger partial charge in [-0.05, 0) is 123 Å². The summed E-state index contributed by atoms with van der Waals surface area (Å²) in [7, 11) is 0. The van der Waals surface area contributed by atoms with Crippen molar-refractivity contribution >= 4 is 5.91 Å². The largest absolute Gasteiger partial charge is 0.393 e. The standard InChI is InChI=1S/C31H53NO4/c1-5-31(36)14-16-32(17-15-31)28(35)11-6-20(2)24-9-10-25-23-8-7-21-18-22(33)19-27(34)30(21,4)26(23)12-13-29(24,25)3/h20-27,33-34,36H,5-19H2,1-4H3/t20?,21-,22+,23-,24+,25-,26-,27-,29+,30-/m0/s1. The van der Waals surface area contributed by atoms with Gasteiger partial charge in [-0.3, -0.25) is 4.79 Å². The van der Waals surface area contributed by atoms with E-state index in [0.717, 1.165) is 31.6 Å². The van der Waals surface area contributed by atoms with Gasteiger partial charge in [0.25, 0.3) is 0 Å². The van der Waals surface area contributed by atoms with Crippen LogP contribution in [0.1, 0.15) is 111 Å². The summed E-state index contributed by atoms with van der Waals surface area (Å²) in [5.74, 6) is 4.03. The van der Waals surface area contributed by atoms with Crippen LogP contribution in [0.3, 0.4) is 0 Å². The lowest BCUT2D eigenvalue weighted by atomic mass is 9.43. The molecule has 4 aliphatic carbocycles. The van der Waals surface area contributed by atoms with E-state index in [0.29, 0.717) is 73.8 Å². The van der Waals surface area contributed by atoms with Crippen LogP contribution in [0.15, 0.2) is 0 Å². The van der Waals surface area contributed by atoms with Crippen LogP contribution in [-0.4, -0.2) is 57.0 Å². The number of rotatable bonds is 5. The zero-order chi connectivity index (χ0) is 25.9. The van der Waals surface area contributed by atoms with Crippen LogP contribution in [0.5, 0.6) is 0 Å². The Balaban J connectivity index is 1.20. The molecule has 5 heteroatoms. The van der Waals surface area contributed by atoms with Crippen molar-refractivity contribution in [2.75, 3.05) is 13.1 Å². The van der Waals surface area contributed by atoms with E-state index in [1.165, 1.54) is 32.1 Å². The number of fused-ring (bicyclic) bond motifs is 5. The quantitative estimate of drug-likeness (QED) is 0.484. The van der Waals surface area contributed by atoms with Crippen LogP contribution in [-0.2, 0) is 4.79 Å². The fourth-order valence-electron chi connectivity index (χ4n) is 10.5. The molecular weight excluding hydrogens is 450 g/mol. The van der Waals surface area contributed by atoms with E-state index in [2.05, 4.69) is 20.8 Å². The molecule has 0 bridgehead atoms. The molecule has 4 saturated carbocycles. The van der Waals surface area contributed by atoms with Gasteiger partial charge in [0.2, 0.25) is 5.91 Å². The molecule has 5 fully saturated rings. The Kier molecular flexibility index (Phi) is 7.35. The van der Waals surface area contributed by atoms with Crippen LogP contribution >= 0.6 is 0 Å². The second-order valence-electron chi connectivity index (χ2n) is 14.4. The van der Waals surface area contributed by atoms with E-state index in [9.17, 15) is 20.1 Å². The number of hydrogen-bond acceptors (Lipinski definition) is 4. The summed E-state index contributed by atoms with van der Waals surface area (Å²) in [5.41, 5.74) is -0.243. The first-order chi connectivity index (χ1) is 17.0. The summed E-state index contributed by atoms with van der Waals surface area (Å²) in [6.45, 7) is 10.8. The summed E-state index contributed by atoms with van der Waals surface area (Å²) >= 11 is 0. The highest BCUT2D eigenvalue weighted by molar-refractivity contribution is 5.76. The molecule has 0 spiro atoms. The van der Waals surface area contributed by atoms with Crippen molar-refractivity contribution in [3.8, 4) is 0 Å². The van der Waals surface area contributed by atoms with E-state index in [-0.39, 0.29) is 23.5 Å². The normalized spacial score (nSPS) is 47.0. The average molecular weight is 504 g/mol. The van der Waals surface area contributed by atoms with Crippen LogP contribution < -0.4 is 0 Å². The first-order valence-corrected chi connectivity index (χ1v) is 15.4. The van der Waals surface area contributed by atoms with Gasteiger partial charge in [-0.25, -0.2) is 0 Å². The van der Waals surface area contributed by atoms with Crippen LogP contribution in [0, 0.1) is 46.3 Å². The minimum absolute atomic E-state index is 0.0298. The van der Waals surface area contributed by atoms with E-state index < -0.39 is 5.60 Å². The topological polar surface area (TPSA) is 81.0 Å². The minimum atomic E-state index is -0.569. The maximum Gasteiger partial charge on any atom is 0.222 e. The third-order valence-electron chi connectivity index (χ3n) is 13.0. The number of likely N-dealkylation sites (tertiary alicyclic amines) is 1. The maximum atomic E-state index is 13.0. The van der Waals surface area contributed by atoms with E-state index in [1.54, 1.807) is 0 Å². The summed E-state index contributed by atoms with van der Waals surface area (Å²) in [6, 6.07) is 0. The number of aliphatic hydroxyl groups excluding tert-OH is 2. The van der Waals surface area contributed by atoms with Gasteiger partial charge in [0.1, 0.15) is 0 Å². The van der Waals surface area contributed by atoms with E-state index in [1.807, 2.05) is 11.8 Å². The zero-order valence-electron chi connectivity index (χ0n) is 23.4. The van der Waals surface area contributed by atoms with Gasteiger partial charge in [-0.15, -0.1) is 0 Å². The molecule has 5 rings (SSSR count). The van der Waals surface area contributed by atoms with Crippen molar-refractivity contribution in [3.63, 3.8) is 0 Å². The minimum Gasteiger partial charge on any atom is -0.393 e. The number of carbonyl (C=O) groups excluding carboxylic acids is 1. The number of aliphatic hydroxyl groups is 3. The van der Waals surface area contributed by atoms with Gasteiger partial charge >= 0.3 is 0 Å². The summed E-state index contributed by atoms with van der Waals surface area (Å²) in [4.78, 5) is 15.0. The average Bonchev–Trinajstić information content (AvgIpc) is 3.21.